The van der Waals surface area contributed by atoms with E-state index in [1.54, 1.807) is 11.3 Å². The summed E-state index contributed by atoms with van der Waals surface area (Å²) in [7, 11) is 0. The average Bonchev–Trinajstić information content (AvgIpc) is 3.14. The summed E-state index contributed by atoms with van der Waals surface area (Å²) in [6, 6.07) is 11.4. The number of thiazole rings is 1. The van der Waals surface area contributed by atoms with Crippen molar-refractivity contribution in [1.82, 2.24) is 9.38 Å². The van der Waals surface area contributed by atoms with E-state index in [4.69, 9.17) is 0 Å². The zero-order chi connectivity index (χ0) is 15.4. The van der Waals surface area contributed by atoms with Gasteiger partial charge in [0.1, 0.15) is 0 Å². The van der Waals surface area contributed by atoms with Crippen LogP contribution in [0.15, 0.2) is 36.7 Å². The molecule has 0 amide bonds. The normalized spacial score (nSPS) is 12.8. The predicted molar refractivity (Wildman–Crippen MR) is 94.5 cm³/mol. The molecule has 2 heterocycles. The summed E-state index contributed by atoms with van der Waals surface area (Å²) in [5.41, 5.74) is 2.74. The quantitative estimate of drug-likeness (QED) is 0.494. The Kier molecular flexibility index (Phi) is 4.94. The topological polar surface area (TPSA) is 17.3 Å². The summed E-state index contributed by atoms with van der Waals surface area (Å²) in [6.07, 6.45) is 10.4. The minimum absolute atomic E-state index is 0.605. The van der Waals surface area contributed by atoms with E-state index in [2.05, 4.69) is 47.6 Å². The van der Waals surface area contributed by atoms with Crippen LogP contribution in [0, 0.1) is 6.07 Å². The second kappa shape index (κ2) is 7.10. The van der Waals surface area contributed by atoms with E-state index in [1.165, 1.54) is 48.2 Å². The minimum atomic E-state index is 0.605. The van der Waals surface area contributed by atoms with Gasteiger partial charge in [-0.3, -0.25) is 4.40 Å². The van der Waals surface area contributed by atoms with Gasteiger partial charge in [-0.15, -0.1) is 0 Å². The van der Waals surface area contributed by atoms with Gasteiger partial charge in [-0.05, 0) is 24.5 Å². The molecule has 0 N–H and O–H groups in total. The molecule has 0 saturated carbocycles. The van der Waals surface area contributed by atoms with Crippen LogP contribution < -0.4 is 0 Å². The minimum Gasteiger partial charge on any atom is -0.294 e. The lowest BCUT2D eigenvalue weighted by atomic mass is 9.93. The van der Waals surface area contributed by atoms with E-state index in [1.807, 2.05) is 18.3 Å². The standard InChI is InChI=1S/C19H23N2S/c1-3-5-7-10-15(4-2)17-18(16-11-8-6-9-12-16)22-19-20-13-14-21(17)19/h8-9,11-15H,3-5,7,10H2,1-2H3. The van der Waals surface area contributed by atoms with Crippen molar-refractivity contribution in [1.29, 1.82) is 0 Å². The van der Waals surface area contributed by atoms with E-state index in [0.29, 0.717) is 5.92 Å². The number of rotatable bonds is 7. The first-order valence-electron chi connectivity index (χ1n) is 8.27. The molecule has 2 aromatic heterocycles. The third kappa shape index (κ3) is 2.95. The van der Waals surface area contributed by atoms with Crippen LogP contribution in [0.4, 0.5) is 0 Å². The molecule has 1 radical (unpaired) electrons. The molecule has 1 aromatic carbocycles. The molecule has 115 valence electrons. The molecule has 0 aliphatic rings. The Bertz CT molecular complexity index is 711. The highest BCUT2D eigenvalue weighted by molar-refractivity contribution is 7.20. The van der Waals surface area contributed by atoms with E-state index in [9.17, 15) is 0 Å². The Balaban J connectivity index is 2.03. The van der Waals surface area contributed by atoms with Crippen molar-refractivity contribution in [3.05, 3.63) is 48.4 Å². The fraction of sp³-hybridized carbons (Fsp3) is 0.421. The lowest BCUT2D eigenvalue weighted by molar-refractivity contribution is 0.542. The average molecular weight is 311 g/mol. The number of unbranched alkanes of at least 4 members (excludes halogenated alkanes) is 2. The summed E-state index contributed by atoms with van der Waals surface area (Å²) in [5, 5.41) is 0. The monoisotopic (exact) mass is 311 g/mol. The molecule has 1 unspecified atom stereocenters. The number of hydrogen-bond acceptors (Lipinski definition) is 2. The molecule has 2 nitrogen and oxygen atoms in total. The molecule has 3 aromatic rings. The molecular weight excluding hydrogens is 288 g/mol. The molecule has 0 bridgehead atoms. The first kappa shape index (κ1) is 15.3. The van der Waals surface area contributed by atoms with Crippen LogP contribution in [0.3, 0.4) is 0 Å². The van der Waals surface area contributed by atoms with E-state index in [-0.39, 0.29) is 0 Å². The lowest BCUT2D eigenvalue weighted by Crippen LogP contribution is -2.03. The Morgan fingerprint density at radius 2 is 2.05 bits per heavy atom. The van der Waals surface area contributed by atoms with Crippen molar-refractivity contribution in [3.63, 3.8) is 0 Å². The third-order valence-corrected chi connectivity index (χ3v) is 5.44. The van der Waals surface area contributed by atoms with Gasteiger partial charge in [0.05, 0.1) is 4.88 Å². The predicted octanol–water partition coefficient (Wildman–Crippen LogP) is 5.94. The van der Waals surface area contributed by atoms with Gasteiger partial charge in [0.15, 0.2) is 4.96 Å². The number of aromatic nitrogens is 2. The van der Waals surface area contributed by atoms with Crippen LogP contribution in [0.5, 0.6) is 0 Å². The molecular formula is C19H23N2S. The van der Waals surface area contributed by atoms with Gasteiger partial charge >= 0.3 is 0 Å². The van der Waals surface area contributed by atoms with Crippen molar-refractivity contribution in [2.45, 2.75) is 51.9 Å². The van der Waals surface area contributed by atoms with E-state index < -0.39 is 0 Å². The third-order valence-electron chi connectivity index (χ3n) is 4.31. The Labute approximate surface area is 136 Å². The maximum atomic E-state index is 4.51. The molecule has 0 saturated heterocycles. The number of nitrogens with zero attached hydrogens (tertiary/aromatic N) is 2. The van der Waals surface area contributed by atoms with E-state index >= 15 is 0 Å². The van der Waals surface area contributed by atoms with Crippen LogP contribution >= 0.6 is 11.3 Å². The number of imidazole rings is 1. The highest BCUT2D eigenvalue weighted by atomic mass is 32.1. The smallest absolute Gasteiger partial charge is 0.194 e. The summed E-state index contributed by atoms with van der Waals surface area (Å²) < 4.78 is 2.30. The summed E-state index contributed by atoms with van der Waals surface area (Å²) >= 11 is 1.80. The van der Waals surface area contributed by atoms with E-state index in [0.717, 1.165) is 4.96 Å². The van der Waals surface area contributed by atoms with Gasteiger partial charge in [-0.1, -0.05) is 68.7 Å². The van der Waals surface area contributed by atoms with Gasteiger partial charge in [-0.25, -0.2) is 4.98 Å². The molecule has 1 atom stereocenters. The number of benzene rings is 1. The molecule has 3 heteroatoms. The molecule has 22 heavy (non-hydrogen) atoms. The van der Waals surface area contributed by atoms with Crippen LogP contribution in [0.25, 0.3) is 15.4 Å². The largest absolute Gasteiger partial charge is 0.294 e. The van der Waals surface area contributed by atoms with Crippen molar-refractivity contribution < 1.29 is 0 Å². The van der Waals surface area contributed by atoms with Crippen LogP contribution in [-0.2, 0) is 0 Å². The first-order chi connectivity index (χ1) is 10.8. The Morgan fingerprint density at radius 1 is 1.23 bits per heavy atom. The van der Waals surface area contributed by atoms with Crippen LogP contribution in [0.1, 0.15) is 57.6 Å². The second-order valence-corrected chi connectivity index (χ2v) is 6.76. The van der Waals surface area contributed by atoms with Gasteiger partial charge in [0.2, 0.25) is 0 Å². The van der Waals surface area contributed by atoms with Gasteiger partial charge < -0.3 is 0 Å². The number of hydrogen-bond donors (Lipinski definition) is 0. The van der Waals surface area contributed by atoms with Crippen LogP contribution in [-0.4, -0.2) is 9.38 Å². The van der Waals surface area contributed by atoms with Crippen molar-refractivity contribution in [2.24, 2.45) is 0 Å². The van der Waals surface area contributed by atoms with Gasteiger partial charge in [0.25, 0.3) is 0 Å². The highest BCUT2D eigenvalue weighted by Gasteiger charge is 2.21. The summed E-state index contributed by atoms with van der Waals surface area (Å²) in [6.45, 7) is 4.57. The van der Waals surface area contributed by atoms with Crippen molar-refractivity contribution >= 4 is 16.3 Å². The fourth-order valence-electron chi connectivity index (χ4n) is 3.10. The first-order valence-corrected chi connectivity index (χ1v) is 9.09. The summed E-state index contributed by atoms with van der Waals surface area (Å²) in [4.78, 5) is 6.99. The fourth-order valence-corrected chi connectivity index (χ4v) is 4.28. The molecule has 0 fully saturated rings. The summed E-state index contributed by atoms with van der Waals surface area (Å²) in [5.74, 6) is 0.605. The molecule has 3 rings (SSSR count). The van der Waals surface area contributed by atoms with Gasteiger partial charge in [0, 0.05) is 24.0 Å². The zero-order valence-corrected chi connectivity index (χ0v) is 14.2. The molecule has 0 aliphatic carbocycles. The van der Waals surface area contributed by atoms with Crippen molar-refractivity contribution in [2.75, 3.05) is 0 Å². The maximum absolute atomic E-state index is 4.51. The number of fused-ring (bicyclic) bond motifs is 1. The molecule has 0 spiro atoms. The lowest BCUT2D eigenvalue weighted by Gasteiger charge is -2.16. The highest BCUT2D eigenvalue weighted by Crippen LogP contribution is 2.39. The van der Waals surface area contributed by atoms with Gasteiger partial charge in [-0.2, -0.15) is 0 Å². The SMILES string of the molecule is CCCCCC(CC)c1c(-c2cc[c]cc2)sc2nccn12. The zero-order valence-electron chi connectivity index (χ0n) is 13.4. The second-order valence-electron chi connectivity index (χ2n) is 5.79. The Morgan fingerprint density at radius 3 is 2.77 bits per heavy atom. The molecule has 0 aliphatic heterocycles. The van der Waals surface area contributed by atoms with Crippen LogP contribution in [0.2, 0.25) is 0 Å². The Hall–Kier alpha value is -1.61. The van der Waals surface area contributed by atoms with Crippen molar-refractivity contribution in [3.8, 4) is 10.4 Å². The maximum Gasteiger partial charge on any atom is 0.194 e.